The fourth-order valence-electron chi connectivity index (χ4n) is 11.6. The third-order valence-electron chi connectivity index (χ3n) is 14.8. The van der Waals surface area contributed by atoms with Crippen LogP contribution < -0.4 is 66.4 Å². The second kappa shape index (κ2) is 17.4. The Kier molecular flexibility index (Phi) is 9.95. The molecule has 0 atom stereocenters. The Morgan fingerprint density at radius 3 is 0.840 bits per heavy atom. The van der Waals surface area contributed by atoms with Crippen LogP contribution in [-0.2, 0) is 0 Å². The van der Waals surface area contributed by atoms with E-state index in [1.165, 1.54) is 0 Å². The van der Waals surface area contributed by atoms with Crippen molar-refractivity contribution in [2.24, 2.45) is 0 Å². The molecule has 0 fully saturated rings. The van der Waals surface area contributed by atoms with Crippen LogP contribution in [0.25, 0.3) is 0 Å². The predicted octanol–water partition coefficient (Wildman–Crippen LogP) is 13.6. The summed E-state index contributed by atoms with van der Waals surface area (Å²) in [5.41, 5.74) is 15.3. The van der Waals surface area contributed by atoms with Crippen molar-refractivity contribution in [2.45, 2.75) is 0 Å². The van der Waals surface area contributed by atoms with Gasteiger partial charge >= 0.3 is 0 Å². The molecule has 0 amide bonds. The number of hydrogen-bond acceptors (Lipinski definition) is 7. The molecule has 0 bridgehead atoms. The van der Waals surface area contributed by atoms with Crippen LogP contribution in [0.1, 0.15) is 0 Å². The van der Waals surface area contributed by atoms with Gasteiger partial charge in [0.1, 0.15) is 46.0 Å². The molecule has 0 aromatic heterocycles. The van der Waals surface area contributed by atoms with Gasteiger partial charge in [-0.05, 0) is 137 Å². The summed E-state index contributed by atoms with van der Waals surface area (Å²) in [7, 11) is 0. The molecule has 352 valence electrons. The molecule has 9 heteroatoms. The smallest absolute Gasteiger partial charge is 0.260 e. The summed E-state index contributed by atoms with van der Waals surface area (Å²) in [6, 6.07) is 91.5. The van der Waals surface area contributed by atoms with Crippen molar-refractivity contribution in [1.29, 1.82) is 0 Å². The third kappa shape index (κ3) is 7.15. The number of benzene rings is 11. The molecule has 0 saturated carbocycles. The normalized spacial score (nSPS) is 12.6. The van der Waals surface area contributed by atoms with E-state index >= 15 is 0 Å². The van der Waals surface area contributed by atoms with E-state index in [1.807, 2.05) is 48.5 Å². The molecule has 0 aliphatic carbocycles. The van der Waals surface area contributed by atoms with Gasteiger partial charge in [-0.2, -0.15) is 0 Å². The summed E-state index contributed by atoms with van der Waals surface area (Å²) in [5, 5.41) is 0. The Labute approximate surface area is 435 Å². The van der Waals surface area contributed by atoms with Crippen molar-refractivity contribution < 1.29 is 18.9 Å². The number of rotatable bonds is 9. The first-order valence-corrected chi connectivity index (χ1v) is 25.4. The van der Waals surface area contributed by atoms with Crippen LogP contribution in [0.3, 0.4) is 0 Å². The van der Waals surface area contributed by atoms with Crippen molar-refractivity contribution in [3.63, 3.8) is 0 Å². The zero-order valence-corrected chi connectivity index (χ0v) is 40.5. The van der Waals surface area contributed by atoms with Crippen molar-refractivity contribution in [3.05, 3.63) is 261 Å². The average Bonchev–Trinajstić information content (AvgIpc) is 3.49. The average molecular weight is 964 g/mol. The van der Waals surface area contributed by atoms with Gasteiger partial charge < -0.3 is 33.6 Å². The molecule has 4 heterocycles. The Hall–Kier alpha value is -9.85. The summed E-state index contributed by atoms with van der Waals surface area (Å²) >= 11 is 0. The lowest BCUT2D eigenvalue weighted by atomic mass is 9.35. The quantitative estimate of drug-likeness (QED) is 0.134. The topological polar surface area (TPSA) is 46.6 Å². The van der Waals surface area contributed by atoms with Gasteiger partial charge in [-0.25, -0.2) is 0 Å². The minimum absolute atomic E-state index is 0.0545. The highest BCUT2D eigenvalue weighted by Crippen LogP contribution is 2.48. The van der Waals surface area contributed by atoms with Gasteiger partial charge in [0.05, 0.1) is 17.1 Å². The van der Waals surface area contributed by atoms with Crippen molar-refractivity contribution >= 4 is 97.4 Å². The first kappa shape index (κ1) is 42.8. The zero-order valence-electron chi connectivity index (χ0n) is 40.5. The lowest BCUT2D eigenvalue weighted by molar-refractivity contribution is 0.464. The fourth-order valence-corrected chi connectivity index (χ4v) is 11.6. The Morgan fingerprint density at radius 2 is 0.480 bits per heavy atom. The molecular weight excluding hydrogens is 920 g/mol. The Morgan fingerprint density at radius 1 is 0.200 bits per heavy atom. The first-order chi connectivity index (χ1) is 37.2. The predicted molar refractivity (Wildman–Crippen MR) is 306 cm³/mol. The molecule has 75 heavy (non-hydrogen) atoms. The van der Waals surface area contributed by atoms with E-state index in [0.717, 1.165) is 130 Å². The highest BCUT2D eigenvalue weighted by atomic mass is 16.5. The SMILES string of the molecule is c1ccc(N(c2ccccc2)c2cc(N(c3ccccc3)c3ccc4c(c3)Oc3cccc5c3B4c3ccccc3O5)cc(N(c3ccccc3)c3ccc4c(c3)Oc3cccc5c3B4c3ccccc3O5)c2)cc1. The Balaban J connectivity index is 0.944. The molecule has 4 aliphatic heterocycles. The number of anilines is 9. The monoisotopic (exact) mass is 963 g/mol. The number of fused-ring (bicyclic) bond motifs is 8. The maximum Gasteiger partial charge on any atom is 0.260 e. The molecular formula is C66H43B2N3O4. The van der Waals surface area contributed by atoms with Crippen molar-refractivity contribution in [3.8, 4) is 46.0 Å². The molecule has 0 spiro atoms. The van der Waals surface area contributed by atoms with Gasteiger partial charge in [-0.1, -0.05) is 133 Å². The fraction of sp³-hybridized carbons (Fsp3) is 0. The molecule has 11 aromatic rings. The van der Waals surface area contributed by atoms with E-state index < -0.39 is 0 Å². The third-order valence-corrected chi connectivity index (χ3v) is 14.8. The number of para-hydroxylation sites is 6. The molecule has 0 unspecified atom stereocenters. The summed E-state index contributed by atoms with van der Waals surface area (Å²) in [5.74, 6) is 6.56. The largest absolute Gasteiger partial charge is 0.458 e. The second-order valence-electron chi connectivity index (χ2n) is 19.2. The van der Waals surface area contributed by atoms with Crippen LogP contribution in [0.5, 0.6) is 46.0 Å². The molecule has 11 aromatic carbocycles. The second-order valence-corrected chi connectivity index (χ2v) is 19.2. The van der Waals surface area contributed by atoms with E-state index in [4.69, 9.17) is 18.9 Å². The highest BCUT2D eigenvalue weighted by Gasteiger charge is 2.42. The van der Waals surface area contributed by atoms with E-state index in [-0.39, 0.29) is 13.4 Å². The van der Waals surface area contributed by atoms with E-state index in [1.54, 1.807) is 0 Å². The summed E-state index contributed by atoms with van der Waals surface area (Å²) < 4.78 is 26.8. The highest BCUT2D eigenvalue weighted by molar-refractivity contribution is 6.99. The van der Waals surface area contributed by atoms with Gasteiger partial charge in [0.25, 0.3) is 13.4 Å². The van der Waals surface area contributed by atoms with E-state index in [2.05, 4.69) is 227 Å². The maximum atomic E-state index is 6.93. The summed E-state index contributed by atoms with van der Waals surface area (Å²) in [6.07, 6.45) is 0. The summed E-state index contributed by atoms with van der Waals surface area (Å²) in [4.78, 5) is 7.01. The lowest BCUT2D eigenvalue weighted by Crippen LogP contribution is -2.57. The lowest BCUT2D eigenvalue weighted by Gasteiger charge is -2.35. The molecule has 4 aliphatic rings. The Bertz CT molecular complexity index is 3760. The van der Waals surface area contributed by atoms with Gasteiger partial charge in [-0.3, -0.25) is 0 Å². The summed E-state index contributed by atoms with van der Waals surface area (Å²) in [6.45, 7) is -0.109. The molecule has 0 saturated heterocycles. The van der Waals surface area contributed by atoms with Crippen LogP contribution in [-0.4, -0.2) is 13.4 Å². The first-order valence-electron chi connectivity index (χ1n) is 25.4. The van der Waals surface area contributed by atoms with Gasteiger partial charge in [0.2, 0.25) is 0 Å². The van der Waals surface area contributed by atoms with Crippen LogP contribution in [0, 0.1) is 0 Å². The minimum atomic E-state index is -0.0545. The van der Waals surface area contributed by atoms with Gasteiger partial charge in [0.15, 0.2) is 0 Å². The van der Waals surface area contributed by atoms with Crippen LogP contribution >= 0.6 is 0 Å². The van der Waals surface area contributed by atoms with Gasteiger partial charge in [-0.15, -0.1) is 0 Å². The van der Waals surface area contributed by atoms with Crippen LogP contribution in [0.2, 0.25) is 0 Å². The zero-order chi connectivity index (χ0) is 49.4. The van der Waals surface area contributed by atoms with E-state index in [0.29, 0.717) is 0 Å². The van der Waals surface area contributed by atoms with Crippen molar-refractivity contribution in [1.82, 2.24) is 0 Å². The molecule has 7 nitrogen and oxygen atoms in total. The van der Waals surface area contributed by atoms with E-state index in [9.17, 15) is 0 Å². The number of ether oxygens (including phenoxy) is 4. The van der Waals surface area contributed by atoms with Gasteiger partial charge in [0, 0.05) is 57.2 Å². The standard InChI is InChI=1S/C66H43B2N3O4/c1-5-19-44(20-6-1)69(45-21-7-2-8-22-45)50-39-51(70(46-23-9-3-10-24-46)48-35-37-55-63(42-48)74-61-33-17-31-59-65(61)67(55)53-27-13-15-29-57(53)72-59)41-52(40-50)71(47-25-11-4-12-26-47)49-36-38-56-64(43-49)75-62-34-18-32-60-66(62)68(56)54-28-14-16-30-58(54)73-60/h1-43H. The molecule has 15 rings (SSSR count). The maximum absolute atomic E-state index is 6.93. The number of hydrogen-bond donors (Lipinski definition) is 0. The van der Waals surface area contributed by atoms with Crippen molar-refractivity contribution in [2.75, 3.05) is 14.7 Å². The number of nitrogens with zero attached hydrogens (tertiary/aromatic N) is 3. The molecule has 0 radical (unpaired) electrons. The molecule has 0 N–H and O–H groups in total. The van der Waals surface area contributed by atoms with Crippen LogP contribution in [0.15, 0.2) is 261 Å². The van der Waals surface area contributed by atoms with Crippen LogP contribution in [0.4, 0.5) is 51.2 Å². The minimum Gasteiger partial charge on any atom is -0.458 e.